The van der Waals surface area contributed by atoms with Crippen LogP contribution in [-0.4, -0.2) is 12.0 Å². The molecule has 2 rings (SSSR count). The Kier molecular flexibility index (Phi) is 4.90. The third-order valence-electron chi connectivity index (χ3n) is 3.25. The second kappa shape index (κ2) is 6.85. The van der Waals surface area contributed by atoms with Crippen molar-refractivity contribution >= 4 is 5.69 Å². The summed E-state index contributed by atoms with van der Waals surface area (Å²) in [6.07, 6.45) is 0. The van der Waals surface area contributed by atoms with Gasteiger partial charge in [0.25, 0.3) is 0 Å². The summed E-state index contributed by atoms with van der Waals surface area (Å²) >= 11 is 0. The van der Waals surface area contributed by atoms with E-state index in [0.717, 1.165) is 16.7 Å². The van der Waals surface area contributed by atoms with E-state index in [1.54, 1.807) is 12.1 Å². The van der Waals surface area contributed by atoms with Gasteiger partial charge in [-0.1, -0.05) is 30.3 Å². The quantitative estimate of drug-likeness (QED) is 0.654. The third-order valence-corrected chi connectivity index (χ3v) is 3.25. The molecule has 0 fully saturated rings. The maximum absolute atomic E-state index is 11.1. The van der Waals surface area contributed by atoms with Gasteiger partial charge in [-0.25, -0.2) is 0 Å². The molecule has 0 unspecified atom stereocenters. The van der Waals surface area contributed by atoms with Crippen LogP contribution in [0.5, 0.6) is 5.75 Å². The average Bonchev–Trinajstić information content (AvgIpc) is 2.46. The molecule has 0 heterocycles. The smallest absolute Gasteiger partial charge is 0.310 e. The first-order valence-corrected chi connectivity index (χ1v) is 6.71. The normalized spacial score (nSPS) is 10.4. The van der Waals surface area contributed by atoms with Gasteiger partial charge in [0.05, 0.1) is 4.92 Å². The largest absolute Gasteiger partial charge is 0.482 e. The summed E-state index contributed by atoms with van der Waals surface area (Å²) in [5.74, 6) is 0.302. The maximum atomic E-state index is 11.1. The van der Waals surface area contributed by atoms with E-state index in [9.17, 15) is 10.1 Å². The SMILES string of the molecule is CNCc1ccc([N+](=O)[O-])c(OCc2ccccc2C)c1. The summed E-state index contributed by atoms with van der Waals surface area (Å²) in [7, 11) is 1.83. The topological polar surface area (TPSA) is 64.4 Å². The van der Waals surface area contributed by atoms with E-state index in [-0.39, 0.29) is 5.69 Å². The van der Waals surface area contributed by atoms with Crippen molar-refractivity contribution in [2.24, 2.45) is 0 Å². The standard InChI is InChI=1S/C16H18N2O3/c1-12-5-3-4-6-14(12)11-21-16-9-13(10-17-2)7-8-15(16)18(19)20/h3-9,17H,10-11H2,1-2H3. The molecule has 5 heteroatoms. The van der Waals surface area contributed by atoms with E-state index in [4.69, 9.17) is 4.74 Å². The number of hydrogen-bond acceptors (Lipinski definition) is 4. The van der Waals surface area contributed by atoms with Crippen molar-refractivity contribution in [1.82, 2.24) is 5.32 Å². The zero-order chi connectivity index (χ0) is 15.2. The molecule has 0 bridgehead atoms. The van der Waals surface area contributed by atoms with Crippen LogP contribution in [0, 0.1) is 17.0 Å². The first-order chi connectivity index (χ1) is 10.1. The molecule has 0 radical (unpaired) electrons. The Morgan fingerprint density at radius 1 is 1.24 bits per heavy atom. The molecular formula is C16H18N2O3. The molecule has 0 aliphatic rings. The first-order valence-electron chi connectivity index (χ1n) is 6.71. The Labute approximate surface area is 123 Å². The molecule has 5 nitrogen and oxygen atoms in total. The summed E-state index contributed by atoms with van der Waals surface area (Å²) in [5, 5.41) is 14.1. The van der Waals surface area contributed by atoms with Gasteiger partial charge in [-0.2, -0.15) is 0 Å². The average molecular weight is 286 g/mol. The van der Waals surface area contributed by atoms with E-state index >= 15 is 0 Å². The number of nitrogens with one attached hydrogen (secondary N) is 1. The number of nitrogens with zero attached hydrogens (tertiary/aromatic N) is 1. The van der Waals surface area contributed by atoms with Gasteiger partial charge in [-0.05, 0) is 36.7 Å². The molecule has 0 saturated carbocycles. The number of ether oxygens (including phenoxy) is 1. The zero-order valence-electron chi connectivity index (χ0n) is 12.1. The van der Waals surface area contributed by atoms with Gasteiger partial charge < -0.3 is 10.1 Å². The van der Waals surface area contributed by atoms with E-state index in [2.05, 4.69) is 5.32 Å². The second-order valence-electron chi connectivity index (χ2n) is 4.80. The highest BCUT2D eigenvalue weighted by Crippen LogP contribution is 2.29. The Hall–Kier alpha value is -2.40. The molecule has 0 spiro atoms. The van der Waals surface area contributed by atoms with Gasteiger partial charge in [0.15, 0.2) is 5.75 Å². The zero-order valence-corrected chi connectivity index (χ0v) is 12.1. The van der Waals surface area contributed by atoms with E-state index in [1.807, 2.05) is 38.2 Å². The van der Waals surface area contributed by atoms with Crippen molar-refractivity contribution in [1.29, 1.82) is 0 Å². The minimum atomic E-state index is -0.420. The molecule has 2 aromatic rings. The van der Waals surface area contributed by atoms with Crippen LogP contribution in [0.1, 0.15) is 16.7 Å². The van der Waals surface area contributed by atoms with Crippen LogP contribution in [0.2, 0.25) is 0 Å². The van der Waals surface area contributed by atoms with Crippen molar-refractivity contribution in [3.8, 4) is 5.75 Å². The van der Waals surface area contributed by atoms with Crippen LogP contribution in [0.25, 0.3) is 0 Å². The lowest BCUT2D eigenvalue weighted by Gasteiger charge is -2.10. The predicted molar refractivity (Wildman–Crippen MR) is 81.4 cm³/mol. The lowest BCUT2D eigenvalue weighted by Crippen LogP contribution is -2.06. The fourth-order valence-electron chi connectivity index (χ4n) is 2.07. The molecule has 0 saturated heterocycles. The highest BCUT2D eigenvalue weighted by Gasteiger charge is 2.15. The molecule has 0 aliphatic carbocycles. The number of hydrogen-bond donors (Lipinski definition) is 1. The Balaban J connectivity index is 2.22. The lowest BCUT2D eigenvalue weighted by molar-refractivity contribution is -0.386. The Bertz CT molecular complexity index is 641. The number of aryl methyl sites for hydroxylation is 1. The number of nitro groups is 1. The molecule has 1 N–H and O–H groups in total. The molecule has 21 heavy (non-hydrogen) atoms. The molecule has 0 aromatic heterocycles. The molecule has 0 atom stereocenters. The molecule has 0 aliphatic heterocycles. The molecule has 0 amide bonds. The van der Waals surface area contributed by atoms with Crippen molar-refractivity contribution in [2.75, 3.05) is 7.05 Å². The van der Waals surface area contributed by atoms with E-state index in [1.165, 1.54) is 6.07 Å². The van der Waals surface area contributed by atoms with Crippen LogP contribution < -0.4 is 10.1 Å². The van der Waals surface area contributed by atoms with Crippen molar-refractivity contribution in [3.05, 3.63) is 69.3 Å². The van der Waals surface area contributed by atoms with E-state index < -0.39 is 4.92 Å². The lowest BCUT2D eigenvalue weighted by atomic mass is 10.1. The van der Waals surface area contributed by atoms with Crippen LogP contribution in [0.4, 0.5) is 5.69 Å². The van der Waals surface area contributed by atoms with Gasteiger partial charge in [0, 0.05) is 12.6 Å². The molecule has 110 valence electrons. The van der Waals surface area contributed by atoms with Gasteiger partial charge in [0.1, 0.15) is 6.61 Å². The van der Waals surface area contributed by atoms with E-state index in [0.29, 0.717) is 18.9 Å². The Morgan fingerprint density at radius 2 is 2.00 bits per heavy atom. The maximum Gasteiger partial charge on any atom is 0.310 e. The molecular weight excluding hydrogens is 268 g/mol. The fraction of sp³-hybridized carbons (Fsp3) is 0.250. The number of nitro benzene ring substituents is 1. The monoisotopic (exact) mass is 286 g/mol. The number of benzene rings is 2. The highest BCUT2D eigenvalue weighted by molar-refractivity contribution is 5.48. The molecule has 2 aromatic carbocycles. The predicted octanol–water partition coefficient (Wildman–Crippen LogP) is 3.20. The van der Waals surface area contributed by atoms with Crippen molar-refractivity contribution < 1.29 is 9.66 Å². The summed E-state index contributed by atoms with van der Waals surface area (Å²) in [6.45, 7) is 2.94. The second-order valence-corrected chi connectivity index (χ2v) is 4.80. The van der Waals surface area contributed by atoms with Gasteiger partial charge in [-0.15, -0.1) is 0 Å². The van der Waals surface area contributed by atoms with Crippen LogP contribution >= 0.6 is 0 Å². The minimum Gasteiger partial charge on any atom is -0.482 e. The first kappa shape index (κ1) is 15.0. The third kappa shape index (κ3) is 3.79. The summed E-state index contributed by atoms with van der Waals surface area (Å²) in [6, 6.07) is 12.8. The van der Waals surface area contributed by atoms with Gasteiger partial charge >= 0.3 is 5.69 Å². The highest BCUT2D eigenvalue weighted by atomic mass is 16.6. The van der Waals surface area contributed by atoms with Crippen LogP contribution in [-0.2, 0) is 13.2 Å². The van der Waals surface area contributed by atoms with Crippen LogP contribution in [0.3, 0.4) is 0 Å². The van der Waals surface area contributed by atoms with Gasteiger partial charge in [0.2, 0.25) is 0 Å². The summed E-state index contributed by atoms with van der Waals surface area (Å²) < 4.78 is 5.68. The Morgan fingerprint density at radius 3 is 2.67 bits per heavy atom. The van der Waals surface area contributed by atoms with Crippen molar-refractivity contribution in [3.63, 3.8) is 0 Å². The fourth-order valence-corrected chi connectivity index (χ4v) is 2.07. The van der Waals surface area contributed by atoms with Gasteiger partial charge in [-0.3, -0.25) is 10.1 Å². The van der Waals surface area contributed by atoms with Crippen molar-refractivity contribution in [2.45, 2.75) is 20.1 Å². The number of rotatable bonds is 6. The minimum absolute atomic E-state index is 0.0107. The summed E-state index contributed by atoms with van der Waals surface area (Å²) in [5.41, 5.74) is 3.06. The summed E-state index contributed by atoms with van der Waals surface area (Å²) in [4.78, 5) is 10.7. The van der Waals surface area contributed by atoms with Crippen LogP contribution in [0.15, 0.2) is 42.5 Å².